The molecule has 1 fully saturated rings. The SMILES string of the molecule is C#CCOc1ccc2c(c1)c(-c1ccc(C(C)C)cc1)nc(=O)n2Cc1cccc(N(C)C(=O)CN2CCN(CCOC)CC2)c1. The first-order valence-corrected chi connectivity index (χ1v) is 15.8. The normalized spacial score (nSPS) is 14.0. The maximum Gasteiger partial charge on any atom is 0.348 e. The summed E-state index contributed by atoms with van der Waals surface area (Å²) in [5, 5.41) is 0.789. The van der Waals surface area contributed by atoms with Gasteiger partial charge in [-0.2, -0.15) is 4.98 Å². The molecule has 46 heavy (non-hydrogen) atoms. The highest BCUT2D eigenvalue weighted by atomic mass is 16.5. The summed E-state index contributed by atoms with van der Waals surface area (Å²) in [5.41, 5.74) is 4.70. The molecule has 0 unspecified atom stereocenters. The molecule has 1 aliphatic heterocycles. The van der Waals surface area contributed by atoms with Crippen molar-refractivity contribution < 1.29 is 14.3 Å². The molecule has 4 aromatic rings. The van der Waals surface area contributed by atoms with Crippen LogP contribution in [0.4, 0.5) is 5.69 Å². The number of piperazine rings is 1. The number of aromatic nitrogens is 2. The van der Waals surface area contributed by atoms with Crippen LogP contribution in [0.5, 0.6) is 5.75 Å². The number of anilines is 1. The van der Waals surface area contributed by atoms with Crippen molar-refractivity contribution in [2.75, 3.05) is 71.5 Å². The van der Waals surface area contributed by atoms with Gasteiger partial charge in [-0.15, -0.1) is 6.42 Å². The van der Waals surface area contributed by atoms with E-state index in [0.29, 0.717) is 37.1 Å². The number of carbonyl (C=O) groups is 1. The third-order valence-corrected chi connectivity index (χ3v) is 8.57. The summed E-state index contributed by atoms with van der Waals surface area (Å²) in [6.45, 7) is 10.2. The molecule has 9 nitrogen and oxygen atoms in total. The van der Waals surface area contributed by atoms with Gasteiger partial charge in [-0.3, -0.25) is 19.2 Å². The van der Waals surface area contributed by atoms with Gasteiger partial charge >= 0.3 is 5.69 Å². The molecule has 9 heteroatoms. The van der Waals surface area contributed by atoms with E-state index >= 15 is 0 Å². The number of ether oxygens (including phenoxy) is 2. The Kier molecular flexibility index (Phi) is 10.9. The van der Waals surface area contributed by atoms with E-state index in [0.717, 1.165) is 60.4 Å². The average molecular weight is 622 g/mol. The van der Waals surface area contributed by atoms with Gasteiger partial charge in [-0.1, -0.05) is 56.2 Å². The van der Waals surface area contributed by atoms with Crippen molar-refractivity contribution in [3.05, 3.63) is 88.3 Å². The molecule has 1 saturated heterocycles. The fourth-order valence-electron chi connectivity index (χ4n) is 5.75. The average Bonchev–Trinajstić information content (AvgIpc) is 3.07. The summed E-state index contributed by atoms with van der Waals surface area (Å²) in [7, 11) is 3.52. The van der Waals surface area contributed by atoms with Gasteiger partial charge in [0.25, 0.3) is 0 Å². The molecule has 0 radical (unpaired) electrons. The van der Waals surface area contributed by atoms with Crippen LogP contribution < -0.4 is 15.3 Å². The van der Waals surface area contributed by atoms with Crippen molar-refractivity contribution in [2.45, 2.75) is 26.3 Å². The summed E-state index contributed by atoms with van der Waals surface area (Å²) < 4.78 is 12.6. The second kappa shape index (κ2) is 15.2. The molecule has 0 atom stereocenters. The van der Waals surface area contributed by atoms with Crippen molar-refractivity contribution in [1.82, 2.24) is 19.4 Å². The molecule has 0 spiro atoms. The number of carbonyl (C=O) groups excluding carboxylic acids is 1. The van der Waals surface area contributed by atoms with Crippen molar-refractivity contribution in [2.24, 2.45) is 0 Å². The maximum absolute atomic E-state index is 13.6. The highest BCUT2D eigenvalue weighted by molar-refractivity contribution is 5.95. The van der Waals surface area contributed by atoms with Crippen LogP contribution in [0.3, 0.4) is 0 Å². The number of likely N-dealkylation sites (N-methyl/N-ethyl adjacent to an activating group) is 1. The number of hydrogen-bond acceptors (Lipinski definition) is 7. The van der Waals surface area contributed by atoms with Gasteiger partial charge in [0.15, 0.2) is 0 Å². The number of terminal acetylenes is 1. The van der Waals surface area contributed by atoms with E-state index in [1.807, 2.05) is 54.6 Å². The number of rotatable bonds is 12. The summed E-state index contributed by atoms with van der Waals surface area (Å²) in [4.78, 5) is 37.7. The summed E-state index contributed by atoms with van der Waals surface area (Å²) >= 11 is 0. The molecule has 5 rings (SSSR count). The van der Waals surface area contributed by atoms with Crippen molar-refractivity contribution >= 4 is 22.5 Å². The fourth-order valence-corrected chi connectivity index (χ4v) is 5.75. The summed E-state index contributed by atoms with van der Waals surface area (Å²) in [6.07, 6.45) is 5.43. The van der Waals surface area contributed by atoms with Crippen LogP contribution in [0, 0.1) is 12.3 Å². The highest BCUT2D eigenvalue weighted by Crippen LogP contribution is 2.30. The molecule has 240 valence electrons. The van der Waals surface area contributed by atoms with Crippen LogP contribution in [0.25, 0.3) is 22.2 Å². The molecule has 1 amide bonds. The van der Waals surface area contributed by atoms with Crippen LogP contribution in [0.15, 0.2) is 71.5 Å². The third-order valence-electron chi connectivity index (χ3n) is 8.57. The molecule has 2 heterocycles. The summed E-state index contributed by atoms with van der Waals surface area (Å²) in [6, 6.07) is 21.5. The minimum absolute atomic E-state index is 0.0270. The lowest BCUT2D eigenvalue weighted by Gasteiger charge is -2.34. The first-order valence-electron chi connectivity index (χ1n) is 15.8. The molecular formula is C37H43N5O4. The second-order valence-electron chi connectivity index (χ2n) is 12.0. The summed E-state index contributed by atoms with van der Waals surface area (Å²) in [5.74, 6) is 3.53. The van der Waals surface area contributed by atoms with Gasteiger partial charge in [0.05, 0.1) is 30.9 Å². The molecule has 0 bridgehead atoms. The van der Waals surface area contributed by atoms with E-state index in [-0.39, 0.29) is 18.2 Å². The Labute approximate surface area is 271 Å². The van der Waals surface area contributed by atoms with E-state index in [1.54, 1.807) is 23.6 Å². The van der Waals surface area contributed by atoms with Gasteiger partial charge in [0.2, 0.25) is 5.91 Å². The van der Waals surface area contributed by atoms with E-state index in [2.05, 4.69) is 46.7 Å². The van der Waals surface area contributed by atoms with Gasteiger partial charge in [-0.25, -0.2) is 4.79 Å². The predicted octanol–water partition coefficient (Wildman–Crippen LogP) is 4.47. The predicted molar refractivity (Wildman–Crippen MR) is 184 cm³/mol. The van der Waals surface area contributed by atoms with Gasteiger partial charge in [0, 0.05) is 63.5 Å². The molecule has 3 aromatic carbocycles. The molecule has 0 aliphatic carbocycles. The zero-order chi connectivity index (χ0) is 32.6. The van der Waals surface area contributed by atoms with Crippen molar-refractivity contribution in [1.29, 1.82) is 0 Å². The second-order valence-corrected chi connectivity index (χ2v) is 12.0. The lowest BCUT2D eigenvalue weighted by molar-refractivity contribution is -0.119. The van der Waals surface area contributed by atoms with Crippen LogP contribution in [-0.4, -0.2) is 91.9 Å². The lowest BCUT2D eigenvalue weighted by atomic mass is 9.99. The van der Waals surface area contributed by atoms with Crippen LogP contribution in [0.2, 0.25) is 0 Å². The monoisotopic (exact) mass is 621 g/mol. The van der Waals surface area contributed by atoms with Crippen molar-refractivity contribution in [3.63, 3.8) is 0 Å². The largest absolute Gasteiger partial charge is 0.481 e. The number of benzene rings is 3. The Balaban J connectivity index is 1.39. The topological polar surface area (TPSA) is 80.1 Å². The minimum Gasteiger partial charge on any atom is -0.481 e. The smallest absolute Gasteiger partial charge is 0.348 e. The number of nitrogens with zero attached hydrogens (tertiary/aromatic N) is 5. The zero-order valence-electron chi connectivity index (χ0n) is 27.2. The van der Waals surface area contributed by atoms with E-state index < -0.39 is 0 Å². The Morgan fingerprint density at radius 3 is 2.46 bits per heavy atom. The first kappa shape index (κ1) is 32.9. The van der Waals surface area contributed by atoms with Crippen LogP contribution in [-0.2, 0) is 16.1 Å². The Morgan fingerprint density at radius 1 is 1.02 bits per heavy atom. The molecule has 0 saturated carbocycles. The highest BCUT2D eigenvalue weighted by Gasteiger charge is 2.21. The quantitative estimate of drug-likeness (QED) is 0.216. The van der Waals surface area contributed by atoms with E-state index in [4.69, 9.17) is 15.9 Å². The van der Waals surface area contributed by atoms with Crippen LogP contribution >= 0.6 is 0 Å². The van der Waals surface area contributed by atoms with Gasteiger partial charge in [0.1, 0.15) is 12.4 Å². The number of amides is 1. The molecular weight excluding hydrogens is 578 g/mol. The van der Waals surface area contributed by atoms with E-state index in [1.165, 1.54) is 5.56 Å². The Bertz CT molecular complexity index is 1750. The minimum atomic E-state index is -0.354. The van der Waals surface area contributed by atoms with Crippen LogP contribution in [0.1, 0.15) is 30.9 Å². The maximum atomic E-state index is 13.6. The first-order chi connectivity index (χ1) is 22.3. The number of hydrogen-bond donors (Lipinski definition) is 0. The zero-order valence-corrected chi connectivity index (χ0v) is 27.2. The third kappa shape index (κ3) is 7.83. The molecule has 0 N–H and O–H groups in total. The number of methoxy groups -OCH3 is 1. The van der Waals surface area contributed by atoms with Gasteiger partial charge < -0.3 is 14.4 Å². The Morgan fingerprint density at radius 2 is 1.76 bits per heavy atom. The van der Waals surface area contributed by atoms with E-state index in [9.17, 15) is 9.59 Å². The molecule has 1 aromatic heterocycles. The Hall–Kier alpha value is -4.49. The molecule has 1 aliphatic rings. The lowest BCUT2D eigenvalue weighted by Crippen LogP contribution is -2.50. The number of fused-ring (bicyclic) bond motifs is 1. The van der Waals surface area contributed by atoms with Gasteiger partial charge in [-0.05, 0) is 47.4 Å². The standard InChI is InChI=1S/C37H43N5O4/c1-6-21-46-32-14-15-34-33(24-32)36(30-12-10-29(11-13-30)27(2)3)38-37(44)42(34)25-28-8-7-9-31(23-28)39(4)35(43)26-41-18-16-40(17-19-41)20-22-45-5/h1,7-15,23-24,27H,16-22,25-26H2,2-5H3. The van der Waals surface area contributed by atoms with Crippen molar-refractivity contribution in [3.8, 4) is 29.4 Å². The fraction of sp³-hybridized carbons (Fsp3) is 0.378.